The van der Waals surface area contributed by atoms with Crippen molar-refractivity contribution in [3.05, 3.63) is 148 Å². The Labute approximate surface area is 378 Å². The van der Waals surface area contributed by atoms with Crippen LogP contribution >= 0.6 is 0 Å². The average Bonchev–Trinajstić information content (AvgIpc) is 3.77. The minimum absolute atomic E-state index is 0.0808. The molecule has 8 bridgehead atoms. The molecule has 3 aromatic heterocycles. The van der Waals surface area contributed by atoms with Crippen LogP contribution in [-0.4, -0.2) is 27.1 Å². The second-order valence-electron chi connectivity index (χ2n) is 22.4. The molecule has 12 aliphatic rings. The van der Waals surface area contributed by atoms with Gasteiger partial charge in [-0.1, -0.05) is 72.8 Å². The molecule has 7 heterocycles. The Morgan fingerprint density at radius 2 is 0.815 bits per heavy atom. The first-order valence-electron chi connectivity index (χ1n) is 25.2. The number of para-hydroxylation sites is 4. The lowest BCUT2D eigenvalue weighted by Crippen LogP contribution is -2.68. The Kier molecular flexibility index (Phi) is 6.03. The zero-order valence-corrected chi connectivity index (χ0v) is 36.5. The zero-order valence-electron chi connectivity index (χ0n) is 36.5. The molecule has 4 aliphatic heterocycles. The summed E-state index contributed by atoms with van der Waals surface area (Å²) in [6, 6.07) is 43.7. The van der Waals surface area contributed by atoms with E-state index < -0.39 is 0 Å². The highest BCUT2D eigenvalue weighted by Crippen LogP contribution is 2.60. The van der Waals surface area contributed by atoms with E-state index in [-0.39, 0.29) is 19.4 Å². The number of anilines is 4. The van der Waals surface area contributed by atoms with Crippen LogP contribution < -0.4 is 37.2 Å². The van der Waals surface area contributed by atoms with Gasteiger partial charge in [0.25, 0.3) is 0 Å². The third-order valence-electron chi connectivity index (χ3n) is 19.4. The second-order valence-corrected chi connectivity index (χ2v) is 22.4. The van der Waals surface area contributed by atoms with Gasteiger partial charge in [-0.25, -0.2) is 4.79 Å². The highest BCUT2D eigenvalue weighted by molar-refractivity contribution is 6.98. The van der Waals surface area contributed by atoms with Gasteiger partial charge < -0.3 is 9.62 Å². The molecule has 8 aromatic rings. The third kappa shape index (κ3) is 3.87. The number of nitrogens with zero attached hydrogens (tertiary/aromatic N) is 5. The molecule has 4 fully saturated rings. The van der Waals surface area contributed by atoms with E-state index in [1.54, 1.807) is 11.1 Å². The maximum atomic E-state index is 16.8. The van der Waals surface area contributed by atoms with E-state index in [4.69, 9.17) is 0 Å². The first-order valence-corrected chi connectivity index (χ1v) is 25.2. The highest BCUT2D eigenvalue weighted by Gasteiger charge is 2.58. The maximum absolute atomic E-state index is 16.8. The molecule has 0 amide bonds. The largest absolute Gasteiger partial charge is 0.376 e. The monoisotopic (exact) mass is 839 g/mol. The van der Waals surface area contributed by atoms with E-state index in [0.29, 0.717) is 23.7 Å². The Bertz CT molecular complexity index is 3330. The number of rotatable bonds is 2. The summed E-state index contributed by atoms with van der Waals surface area (Å²) < 4.78 is 7.62. The fourth-order valence-corrected chi connectivity index (χ4v) is 17.9. The fourth-order valence-electron chi connectivity index (χ4n) is 17.9. The summed E-state index contributed by atoms with van der Waals surface area (Å²) in [4.78, 5) is 22.2. The summed E-state index contributed by atoms with van der Waals surface area (Å²) in [7, 11) is 0. The molecule has 312 valence electrons. The van der Waals surface area contributed by atoms with Gasteiger partial charge in [0.1, 0.15) is 11.3 Å². The predicted octanol–water partition coefficient (Wildman–Crippen LogP) is 9.60. The van der Waals surface area contributed by atoms with Gasteiger partial charge in [-0.05, 0) is 186 Å². The quantitative estimate of drug-likeness (QED) is 0.163. The summed E-state index contributed by atoms with van der Waals surface area (Å²) in [5, 5.41) is 0. The molecular formula is C57H47B2N5O. The Hall–Kier alpha value is -6.14. The molecule has 8 aliphatic carbocycles. The Morgan fingerprint density at radius 1 is 0.415 bits per heavy atom. The number of fused-ring (bicyclic) bond motifs is 6. The molecule has 4 saturated carbocycles. The van der Waals surface area contributed by atoms with Gasteiger partial charge in [0.15, 0.2) is 0 Å². The average molecular weight is 840 g/mol. The lowest BCUT2D eigenvalue weighted by Gasteiger charge is -2.48. The lowest BCUT2D eigenvalue weighted by atomic mass is 9.38. The van der Waals surface area contributed by atoms with Crippen molar-refractivity contribution >= 4 is 69.6 Å². The first-order chi connectivity index (χ1) is 32.2. The van der Waals surface area contributed by atoms with Crippen LogP contribution in [0.1, 0.15) is 110 Å². The van der Waals surface area contributed by atoms with Gasteiger partial charge >= 0.3 is 19.4 Å². The molecule has 6 nitrogen and oxygen atoms in total. The van der Waals surface area contributed by atoms with Crippen molar-refractivity contribution in [2.75, 3.05) is 9.62 Å². The highest BCUT2D eigenvalue weighted by atomic mass is 16.1. The van der Waals surface area contributed by atoms with Crippen molar-refractivity contribution in [3.8, 4) is 27.9 Å². The lowest BCUT2D eigenvalue weighted by molar-refractivity contribution is 0.164. The van der Waals surface area contributed by atoms with E-state index in [0.717, 1.165) is 23.7 Å². The molecule has 4 unspecified atom stereocenters. The molecule has 0 radical (unpaired) electrons. The molecule has 5 aromatic carbocycles. The van der Waals surface area contributed by atoms with E-state index >= 15 is 4.79 Å². The van der Waals surface area contributed by atoms with Gasteiger partial charge in [-0.2, -0.15) is 0 Å². The summed E-state index contributed by atoms with van der Waals surface area (Å²) in [6.45, 7) is -0.162. The van der Waals surface area contributed by atoms with Crippen LogP contribution in [0.4, 0.5) is 22.7 Å². The maximum Gasteiger partial charge on any atom is 0.340 e. The van der Waals surface area contributed by atoms with Crippen LogP contribution in [0.2, 0.25) is 0 Å². The summed E-state index contributed by atoms with van der Waals surface area (Å²) >= 11 is 0. The predicted molar refractivity (Wildman–Crippen MR) is 263 cm³/mol. The van der Waals surface area contributed by atoms with Crippen LogP contribution in [0.3, 0.4) is 0 Å². The second kappa shape index (κ2) is 11.4. The molecule has 0 N–H and O–H groups in total. The molecule has 65 heavy (non-hydrogen) atoms. The van der Waals surface area contributed by atoms with Crippen molar-refractivity contribution in [1.82, 2.24) is 13.4 Å². The van der Waals surface area contributed by atoms with Gasteiger partial charge in [0.2, 0.25) is 0 Å². The standard InChI is InChI=1S/C57H47B2N5O/c65-57-61-52-36-25-30-19-31(26-36)22-34(21-30)46(52)50-55(61)60-54-48-42(40-15-7-9-17-44(40)63(58(48)50)38-11-3-1-4-12-38)29-43-41-16-8-10-18-45(41)64(39-13-5-2-6-14-39)59(49(43)54)51-47-35-23-32-20-33(24-35)28-37(27-32)53(47)62(57)56(51)60/h1-18,29-37H,19-28H2. The molecular weight excluding hydrogens is 792 g/mol. The van der Waals surface area contributed by atoms with Crippen LogP contribution in [-0.2, 0) is 0 Å². The van der Waals surface area contributed by atoms with Crippen molar-refractivity contribution in [3.63, 3.8) is 0 Å². The Balaban J connectivity index is 1.11. The van der Waals surface area contributed by atoms with Crippen molar-refractivity contribution in [2.24, 2.45) is 23.7 Å². The van der Waals surface area contributed by atoms with E-state index in [1.165, 1.54) is 159 Å². The fraction of sp³-hybridized carbons (Fsp3) is 0.316. The first kappa shape index (κ1) is 34.2. The normalized spacial score (nSPS) is 27.9. The molecule has 8 heteroatoms. The van der Waals surface area contributed by atoms with E-state index in [1.807, 2.05) is 0 Å². The molecule has 0 saturated heterocycles. The van der Waals surface area contributed by atoms with Crippen molar-refractivity contribution < 1.29 is 0 Å². The van der Waals surface area contributed by atoms with Crippen molar-refractivity contribution in [1.29, 1.82) is 0 Å². The van der Waals surface area contributed by atoms with Crippen LogP contribution in [0.5, 0.6) is 0 Å². The zero-order chi connectivity index (χ0) is 41.7. The van der Waals surface area contributed by atoms with Gasteiger partial charge in [-0.3, -0.25) is 13.4 Å². The van der Waals surface area contributed by atoms with E-state index in [9.17, 15) is 0 Å². The number of hydrogen-bond acceptors (Lipinski definition) is 3. The summed E-state index contributed by atoms with van der Waals surface area (Å²) in [5.41, 5.74) is 25.9. The number of benzene rings is 5. The van der Waals surface area contributed by atoms with Gasteiger partial charge in [0, 0.05) is 62.8 Å². The third-order valence-corrected chi connectivity index (χ3v) is 19.4. The van der Waals surface area contributed by atoms with Crippen LogP contribution in [0.25, 0.3) is 39.2 Å². The number of hydrogen-bond donors (Lipinski definition) is 0. The minimum Gasteiger partial charge on any atom is -0.376 e. The minimum atomic E-state index is -0.0808. The molecule has 0 spiro atoms. The van der Waals surface area contributed by atoms with Crippen molar-refractivity contribution in [2.45, 2.75) is 87.9 Å². The van der Waals surface area contributed by atoms with Crippen LogP contribution in [0.15, 0.2) is 120 Å². The van der Waals surface area contributed by atoms with Crippen LogP contribution in [0, 0.1) is 23.7 Å². The van der Waals surface area contributed by atoms with Gasteiger partial charge in [0.05, 0.1) is 0 Å². The van der Waals surface area contributed by atoms with E-state index in [2.05, 4.69) is 138 Å². The van der Waals surface area contributed by atoms with Gasteiger partial charge in [-0.15, -0.1) is 0 Å². The topological polar surface area (TPSA) is 37.3 Å². The molecule has 20 rings (SSSR count). The molecule has 4 atom stereocenters. The summed E-state index contributed by atoms with van der Waals surface area (Å²) in [5.74, 6) is 4.76. The smallest absolute Gasteiger partial charge is 0.340 e. The number of aromatic nitrogens is 3. The Morgan fingerprint density at radius 3 is 1.26 bits per heavy atom. The summed E-state index contributed by atoms with van der Waals surface area (Å²) in [6.07, 6.45) is 12.7. The SMILES string of the molecule is O=c1n2c3c(c4c2n2c5c(c6c(n15)C1CC5CC(CC6C5)C1)B1c5c(cc6c(c5-2)B4N(c2ccccc2)c2ccccc2-6)-c2ccccc2N1c1ccccc1)C1CC2CC(C1)CC3C2.